The van der Waals surface area contributed by atoms with Crippen LogP contribution in [0.15, 0.2) is 36.4 Å². The van der Waals surface area contributed by atoms with Crippen molar-refractivity contribution in [2.75, 3.05) is 6.61 Å². The molecule has 0 aromatic heterocycles. The van der Waals surface area contributed by atoms with Gasteiger partial charge in [-0.05, 0) is 31.5 Å². The van der Waals surface area contributed by atoms with Gasteiger partial charge >= 0.3 is 5.97 Å². The van der Waals surface area contributed by atoms with Crippen LogP contribution in [0.5, 0.6) is 0 Å². The molecule has 0 fully saturated rings. The molecule has 1 atom stereocenters. The van der Waals surface area contributed by atoms with E-state index in [9.17, 15) is 4.79 Å². The maximum absolute atomic E-state index is 11.5. The van der Waals surface area contributed by atoms with Gasteiger partial charge < -0.3 is 4.74 Å². The van der Waals surface area contributed by atoms with Crippen LogP contribution in [-0.2, 0) is 9.53 Å². The third-order valence-corrected chi connectivity index (χ3v) is 2.80. The zero-order valence-electron chi connectivity index (χ0n) is 10.2. The number of esters is 1. The van der Waals surface area contributed by atoms with Crippen LogP contribution < -0.4 is 0 Å². The van der Waals surface area contributed by atoms with E-state index in [1.807, 2.05) is 31.2 Å². The van der Waals surface area contributed by atoms with Gasteiger partial charge in [0.15, 0.2) is 0 Å². The maximum atomic E-state index is 11.5. The largest absolute Gasteiger partial charge is 0.466 e. The van der Waals surface area contributed by atoms with Gasteiger partial charge in [0.1, 0.15) is 0 Å². The number of allylic oxidation sites excluding steroid dienone is 1. The number of carbonyl (C=O) groups is 1. The molecule has 1 unspecified atom stereocenters. The first-order chi connectivity index (χ1) is 8.04. The van der Waals surface area contributed by atoms with Crippen molar-refractivity contribution in [2.45, 2.75) is 26.2 Å². The molecule has 92 valence electrons. The summed E-state index contributed by atoms with van der Waals surface area (Å²) >= 11 is 5.84. The summed E-state index contributed by atoms with van der Waals surface area (Å²) in [6, 6.07) is 7.47. The summed E-state index contributed by atoms with van der Waals surface area (Å²) in [6.45, 7) is 8.05. The van der Waals surface area contributed by atoms with E-state index in [0.29, 0.717) is 18.1 Å². The average Bonchev–Trinajstić information content (AvgIpc) is 2.27. The van der Waals surface area contributed by atoms with Crippen molar-refractivity contribution < 1.29 is 9.53 Å². The molecule has 1 aromatic rings. The lowest BCUT2D eigenvalue weighted by Gasteiger charge is -2.16. The first kappa shape index (κ1) is 13.8. The van der Waals surface area contributed by atoms with Crippen LogP contribution in [0.4, 0.5) is 0 Å². The van der Waals surface area contributed by atoms with Crippen molar-refractivity contribution in [1.82, 2.24) is 0 Å². The van der Waals surface area contributed by atoms with Crippen LogP contribution in [-0.4, -0.2) is 12.6 Å². The van der Waals surface area contributed by atoms with Crippen LogP contribution in [0.3, 0.4) is 0 Å². The fourth-order valence-corrected chi connectivity index (χ4v) is 1.78. The van der Waals surface area contributed by atoms with E-state index in [0.717, 1.165) is 11.1 Å². The number of benzene rings is 1. The molecule has 0 aliphatic carbocycles. The number of hydrogen-bond acceptors (Lipinski definition) is 2. The van der Waals surface area contributed by atoms with Gasteiger partial charge in [-0.3, -0.25) is 4.79 Å². The van der Waals surface area contributed by atoms with E-state index in [-0.39, 0.29) is 11.9 Å². The van der Waals surface area contributed by atoms with Gasteiger partial charge in [-0.15, -0.1) is 0 Å². The number of carbonyl (C=O) groups excluding carboxylic acids is 1. The highest BCUT2D eigenvalue weighted by molar-refractivity contribution is 6.30. The standard InChI is InChI=1S/C14H17ClO2/c1-4-17-14(16)9-13(10(2)3)11-5-7-12(15)8-6-11/h5-8,13H,2,4,9H2,1,3H3. The lowest BCUT2D eigenvalue weighted by molar-refractivity contribution is -0.143. The van der Waals surface area contributed by atoms with Crippen molar-refractivity contribution in [2.24, 2.45) is 0 Å². The predicted molar refractivity (Wildman–Crippen MR) is 70.3 cm³/mol. The van der Waals surface area contributed by atoms with E-state index in [2.05, 4.69) is 6.58 Å². The molecule has 0 spiro atoms. The van der Waals surface area contributed by atoms with Crippen molar-refractivity contribution in [1.29, 1.82) is 0 Å². The highest BCUT2D eigenvalue weighted by Gasteiger charge is 2.17. The Morgan fingerprint density at radius 1 is 1.41 bits per heavy atom. The predicted octanol–water partition coefficient (Wildman–Crippen LogP) is 3.95. The van der Waals surface area contributed by atoms with Gasteiger partial charge in [0.2, 0.25) is 0 Å². The maximum Gasteiger partial charge on any atom is 0.306 e. The zero-order valence-corrected chi connectivity index (χ0v) is 11.0. The minimum Gasteiger partial charge on any atom is -0.466 e. The molecule has 0 saturated heterocycles. The van der Waals surface area contributed by atoms with Crippen molar-refractivity contribution in [3.8, 4) is 0 Å². The van der Waals surface area contributed by atoms with Gasteiger partial charge in [-0.2, -0.15) is 0 Å². The molecule has 0 bridgehead atoms. The van der Waals surface area contributed by atoms with Gasteiger partial charge in [-0.25, -0.2) is 0 Å². The average molecular weight is 253 g/mol. The molecule has 0 aliphatic heterocycles. The number of hydrogen-bond donors (Lipinski definition) is 0. The molecule has 0 saturated carbocycles. The van der Waals surface area contributed by atoms with Crippen molar-refractivity contribution in [3.05, 3.63) is 47.0 Å². The first-order valence-electron chi connectivity index (χ1n) is 5.61. The lowest BCUT2D eigenvalue weighted by atomic mass is 9.90. The molecule has 1 aromatic carbocycles. The fourth-order valence-electron chi connectivity index (χ4n) is 1.66. The SMILES string of the molecule is C=C(C)C(CC(=O)OCC)c1ccc(Cl)cc1. The van der Waals surface area contributed by atoms with Crippen LogP contribution in [0, 0.1) is 0 Å². The smallest absolute Gasteiger partial charge is 0.306 e. The Morgan fingerprint density at radius 2 is 2.00 bits per heavy atom. The Bertz CT molecular complexity index is 395. The van der Waals surface area contributed by atoms with Gasteiger partial charge in [0.05, 0.1) is 13.0 Å². The van der Waals surface area contributed by atoms with Gasteiger partial charge in [-0.1, -0.05) is 35.9 Å². The molecule has 0 radical (unpaired) electrons. The third kappa shape index (κ3) is 4.23. The Hall–Kier alpha value is -1.28. The van der Waals surface area contributed by atoms with E-state index < -0.39 is 0 Å². The first-order valence-corrected chi connectivity index (χ1v) is 5.99. The zero-order chi connectivity index (χ0) is 12.8. The van der Waals surface area contributed by atoms with E-state index in [1.165, 1.54) is 0 Å². The quantitative estimate of drug-likeness (QED) is 0.586. The third-order valence-electron chi connectivity index (χ3n) is 2.54. The van der Waals surface area contributed by atoms with Crippen LogP contribution in [0.1, 0.15) is 31.7 Å². The van der Waals surface area contributed by atoms with Gasteiger partial charge in [0, 0.05) is 10.9 Å². The summed E-state index contributed by atoms with van der Waals surface area (Å²) < 4.78 is 4.96. The molecule has 0 N–H and O–H groups in total. The number of halogens is 1. The lowest BCUT2D eigenvalue weighted by Crippen LogP contribution is -2.11. The van der Waals surface area contributed by atoms with Crippen LogP contribution in [0.2, 0.25) is 5.02 Å². The molecule has 3 heteroatoms. The second-order valence-corrected chi connectivity index (χ2v) is 4.40. The molecule has 2 nitrogen and oxygen atoms in total. The van der Waals surface area contributed by atoms with Crippen molar-refractivity contribution >= 4 is 17.6 Å². The molecular weight excluding hydrogens is 236 g/mol. The Balaban J connectivity index is 2.82. The van der Waals surface area contributed by atoms with E-state index in [1.54, 1.807) is 6.92 Å². The highest BCUT2D eigenvalue weighted by Crippen LogP contribution is 2.28. The highest BCUT2D eigenvalue weighted by atomic mass is 35.5. The second kappa shape index (κ2) is 6.45. The Kier molecular flexibility index (Phi) is 5.23. The monoisotopic (exact) mass is 252 g/mol. The van der Waals surface area contributed by atoms with Crippen LogP contribution in [0.25, 0.3) is 0 Å². The van der Waals surface area contributed by atoms with E-state index >= 15 is 0 Å². The number of rotatable bonds is 5. The minimum absolute atomic E-state index is 0.00804. The molecule has 0 amide bonds. The van der Waals surface area contributed by atoms with Crippen LogP contribution >= 0.6 is 11.6 Å². The molecular formula is C14H17ClO2. The second-order valence-electron chi connectivity index (χ2n) is 3.96. The van der Waals surface area contributed by atoms with E-state index in [4.69, 9.17) is 16.3 Å². The van der Waals surface area contributed by atoms with Gasteiger partial charge in [0.25, 0.3) is 0 Å². The minimum atomic E-state index is -0.199. The molecule has 17 heavy (non-hydrogen) atoms. The Morgan fingerprint density at radius 3 is 2.47 bits per heavy atom. The molecule has 0 aliphatic rings. The van der Waals surface area contributed by atoms with Crippen molar-refractivity contribution in [3.63, 3.8) is 0 Å². The summed E-state index contributed by atoms with van der Waals surface area (Å²) in [7, 11) is 0. The summed E-state index contributed by atoms with van der Waals surface area (Å²) in [5, 5.41) is 0.686. The normalized spacial score (nSPS) is 11.9. The topological polar surface area (TPSA) is 26.3 Å². The Labute approximate surface area is 107 Å². The fraction of sp³-hybridized carbons (Fsp3) is 0.357. The number of ether oxygens (including phenoxy) is 1. The summed E-state index contributed by atoms with van der Waals surface area (Å²) in [6.07, 6.45) is 0.324. The summed E-state index contributed by atoms with van der Waals surface area (Å²) in [5.41, 5.74) is 1.98. The summed E-state index contributed by atoms with van der Waals surface area (Å²) in [4.78, 5) is 11.5. The summed E-state index contributed by atoms with van der Waals surface area (Å²) in [5.74, 6) is -0.207. The molecule has 1 rings (SSSR count). The molecule has 0 heterocycles.